The van der Waals surface area contributed by atoms with Gasteiger partial charge in [-0.2, -0.15) is 0 Å². The molecule has 0 aliphatic heterocycles. The van der Waals surface area contributed by atoms with Gasteiger partial charge in [0.25, 0.3) is 0 Å². The fourth-order valence-corrected chi connectivity index (χ4v) is 8.81. The molecule has 5 aromatic carbocycles. The van der Waals surface area contributed by atoms with Gasteiger partial charge in [0, 0.05) is 5.02 Å². The summed E-state index contributed by atoms with van der Waals surface area (Å²) in [5.41, 5.74) is 0.735. The van der Waals surface area contributed by atoms with Crippen molar-refractivity contribution in [3.8, 4) is 5.75 Å². The Morgan fingerprint density at radius 1 is 0.579 bits per heavy atom. The van der Waals surface area contributed by atoms with Gasteiger partial charge in [0.2, 0.25) is 5.78 Å². The maximum absolute atomic E-state index is 14.2. The molecule has 0 aliphatic rings. The fourth-order valence-electron chi connectivity index (χ4n) is 4.60. The maximum atomic E-state index is 14.2. The molecule has 0 saturated carbocycles. The van der Waals surface area contributed by atoms with Crippen molar-refractivity contribution < 1.29 is 14.3 Å². The van der Waals surface area contributed by atoms with E-state index >= 15 is 0 Å². The normalized spacial score (nSPS) is 11.1. The van der Waals surface area contributed by atoms with Crippen LogP contribution in [0.25, 0.3) is 0 Å². The highest BCUT2D eigenvalue weighted by Crippen LogP contribution is 2.55. The molecule has 186 valence electrons. The van der Waals surface area contributed by atoms with Gasteiger partial charge in [-0.25, -0.2) is 4.79 Å². The smallest absolute Gasteiger partial charge is 0.343 e. The number of para-hydroxylation sites is 1. The molecule has 0 unspecified atom stereocenters. The Labute approximate surface area is 228 Å². The molecule has 0 aromatic heterocycles. The third-order valence-electron chi connectivity index (χ3n) is 6.44. The van der Waals surface area contributed by atoms with Crippen LogP contribution in [0.15, 0.2) is 140 Å². The zero-order valence-corrected chi connectivity index (χ0v) is 22.2. The van der Waals surface area contributed by atoms with Crippen molar-refractivity contribution in [1.29, 1.82) is 0 Å². The van der Waals surface area contributed by atoms with Gasteiger partial charge in [-0.1, -0.05) is 78.3 Å². The van der Waals surface area contributed by atoms with Crippen molar-refractivity contribution in [2.75, 3.05) is 6.16 Å². The third-order valence-corrected chi connectivity index (χ3v) is 11.0. The molecular weight excluding hydrogens is 511 g/mol. The first kappa shape index (κ1) is 25.6. The summed E-state index contributed by atoms with van der Waals surface area (Å²) >= 11 is 5.96. The van der Waals surface area contributed by atoms with Crippen molar-refractivity contribution in [3.63, 3.8) is 0 Å². The first-order chi connectivity index (χ1) is 18.6. The second-order valence-electron chi connectivity index (χ2n) is 8.79. The molecule has 5 aromatic rings. The number of ether oxygens (including phenoxy) is 1. The van der Waals surface area contributed by atoms with E-state index in [0.29, 0.717) is 16.1 Å². The average Bonchev–Trinajstić information content (AvgIpc) is 2.98. The molecule has 0 N–H and O–H groups in total. The molecule has 0 amide bonds. The summed E-state index contributed by atoms with van der Waals surface area (Å²) in [6, 6.07) is 44.1. The summed E-state index contributed by atoms with van der Waals surface area (Å²) in [7, 11) is -2.40. The van der Waals surface area contributed by atoms with Crippen molar-refractivity contribution in [2.45, 2.75) is 0 Å². The predicted octanol–water partition coefficient (Wildman–Crippen LogP) is 6.74. The van der Waals surface area contributed by atoms with Gasteiger partial charge in [-0.05, 0) is 72.8 Å². The van der Waals surface area contributed by atoms with Crippen LogP contribution >= 0.6 is 18.9 Å². The summed E-state index contributed by atoms with van der Waals surface area (Å²) in [5.74, 6) is -0.392. The van der Waals surface area contributed by atoms with Crippen molar-refractivity contribution >= 4 is 46.5 Å². The Morgan fingerprint density at radius 3 is 1.53 bits per heavy atom. The molecule has 3 nitrogen and oxygen atoms in total. The lowest BCUT2D eigenvalue weighted by Gasteiger charge is -2.27. The van der Waals surface area contributed by atoms with Gasteiger partial charge < -0.3 is 4.74 Å². The second kappa shape index (κ2) is 11.6. The minimum absolute atomic E-state index is 0.0885. The van der Waals surface area contributed by atoms with Gasteiger partial charge in [0.05, 0.1) is 11.1 Å². The van der Waals surface area contributed by atoms with Crippen molar-refractivity contribution in [2.24, 2.45) is 0 Å². The monoisotopic (exact) mass is 535 g/mol. The molecule has 5 heteroatoms. The highest BCUT2D eigenvalue weighted by atomic mass is 35.5. The zero-order chi connectivity index (χ0) is 26.4. The van der Waals surface area contributed by atoms with Crippen LogP contribution in [0.3, 0.4) is 0 Å². The van der Waals surface area contributed by atoms with Crippen LogP contribution in [-0.4, -0.2) is 17.9 Å². The first-order valence-electron chi connectivity index (χ1n) is 12.2. The van der Waals surface area contributed by atoms with Crippen LogP contribution in [0.1, 0.15) is 20.7 Å². The number of ketones is 1. The molecule has 38 heavy (non-hydrogen) atoms. The third kappa shape index (κ3) is 5.31. The summed E-state index contributed by atoms with van der Waals surface area (Å²) in [5, 5.41) is 3.87. The molecule has 0 atom stereocenters. The summed E-state index contributed by atoms with van der Waals surface area (Å²) in [6.45, 7) is 0. The number of hydrogen-bond acceptors (Lipinski definition) is 3. The van der Waals surface area contributed by atoms with Crippen molar-refractivity contribution in [3.05, 3.63) is 156 Å². The molecule has 0 fully saturated rings. The van der Waals surface area contributed by atoms with E-state index in [0.717, 1.165) is 15.9 Å². The number of esters is 1. The van der Waals surface area contributed by atoms with E-state index in [4.69, 9.17) is 16.3 Å². The number of halogens is 1. The van der Waals surface area contributed by atoms with Crippen molar-refractivity contribution in [1.82, 2.24) is 0 Å². The lowest BCUT2D eigenvalue weighted by molar-refractivity contribution is 0.0733. The van der Waals surface area contributed by atoms with E-state index in [1.807, 2.05) is 54.6 Å². The molecule has 5 rings (SSSR count). The maximum Gasteiger partial charge on any atom is 0.343 e. The van der Waals surface area contributed by atoms with Crippen LogP contribution in [0.5, 0.6) is 5.75 Å². The molecule has 0 bridgehead atoms. The van der Waals surface area contributed by atoms with E-state index in [9.17, 15) is 9.59 Å². The van der Waals surface area contributed by atoms with Crippen LogP contribution in [0.2, 0.25) is 5.02 Å². The van der Waals surface area contributed by atoms with Crippen LogP contribution < -0.4 is 20.7 Å². The van der Waals surface area contributed by atoms with Crippen LogP contribution in [-0.2, 0) is 0 Å². The first-order valence-corrected chi connectivity index (χ1v) is 14.6. The largest absolute Gasteiger partial charge is 0.422 e. The molecule has 0 heterocycles. The molecular formula is C33H25ClO3P+. The van der Waals surface area contributed by atoms with E-state index < -0.39 is 13.2 Å². The number of rotatable bonds is 8. The summed E-state index contributed by atoms with van der Waals surface area (Å²) in [6.07, 6.45) is 0.251. The number of Topliss-reactive ketones (excluding diaryl/α,β-unsaturated/α-hetero) is 1. The number of carbonyl (C=O) groups excluding carboxylic acids is 2. The zero-order valence-electron chi connectivity index (χ0n) is 20.5. The standard InChI is InChI=1S/C33H25ClO3P/c34-26-22-20-25(21-23-26)33(36)37-32-19-11-10-18-30(32)31(35)24-38(27-12-4-1-5-13-27,28-14-6-2-7-15-28)29-16-8-3-9-17-29/h1-23H,24H2/q+1. The predicted molar refractivity (Wildman–Crippen MR) is 157 cm³/mol. The highest BCUT2D eigenvalue weighted by Gasteiger charge is 2.47. The highest BCUT2D eigenvalue weighted by molar-refractivity contribution is 7.96. The molecule has 0 radical (unpaired) electrons. The summed E-state index contributed by atoms with van der Waals surface area (Å²) in [4.78, 5) is 27.1. The lowest BCUT2D eigenvalue weighted by atomic mass is 10.1. The number of hydrogen-bond donors (Lipinski definition) is 0. The fraction of sp³-hybridized carbons (Fsp3) is 0.0303. The Hall–Kier alpha value is -4.04. The second-order valence-corrected chi connectivity index (χ2v) is 12.7. The SMILES string of the molecule is O=C(Oc1ccccc1C(=O)C[P+](c1ccccc1)(c1ccccc1)c1ccccc1)c1ccc(Cl)cc1. The van der Waals surface area contributed by atoms with Crippen LogP contribution in [0, 0.1) is 0 Å². The number of benzene rings is 5. The minimum atomic E-state index is -2.40. The summed E-state index contributed by atoms with van der Waals surface area (Å²) < 4.78 is 5.73. The van der Waals surface area contributed by atoms with Gasteiger partial charge in [0.1, 0.15) is 35.1 Å². The quantitative estimate of drug-likeness (QED) is 0.0957. The lowest BCUT2D eigenvalue weighted by Crippen LogP contribution is -2.35. The molecule has 0 saturated heterocycles. The molecule has 0 aliphatic carbocycles. The van der Waals surface area contributed by atoms with E-state index in [1.165, 1.54) is 0 Å². The van der Waals surface area contributed by atoms with E-state index in [1.54, 1.807) is 48.5 Å². The topological polar surface area (TPSA) is 43.4 Å². The Balaban J connectivity index is 1.58. The Bertz CT molecular complexity index is 1440. The van der Waals surface area contributed by atoms with Gasteiger partial charge in [0.15, 0.2) is 0 Å². The minimum Gasteiger partial charge on any atom is -0.422 e. The Kier molecular flexibility index (Phi) is 7.79. The van der Waals surface area contributed by atoms with Crippen LogP contribution in [0.4, 0.5) is 0 Å². The average molecular weight is 536 g/mol. The Morgan fingerprint density at radius 2 is 1.03 bits per heavy atom. The molecule has 0 spiro atoms. The van der Waals surface area contributed by atoms with Gasteiger partial charge in [-0.3, -0.25) is 4.79 Å². The van der Waals surface area contributed by atoms with Gasteiger partial charge >= 0.3 is 5.97 Å². The van der Waals surface area contributed by atoms with E-state index in [-0.39, 0.29) is 17.7 Å². The van der Waals surface area contributed by atoms with Gasteiger partial charge in [-0.15, -0.1) is 0 Å². The van der Waals surface area contributed by atoms with E-state index in [2.05, 4.69) is 36.4 Å². The number of carbonyl (C=O) groups is 2.